The van der Waals surface area contributed by atoms with Gasteiger partial charge in [0.25, 0.3) is 5.91 Å². The first-order valence-electron chi connectivity index (χ1n) is 3.46. The van der Waals surface area contributed by atoms with E-state index in [0.717, 1.165) is 0 Å². The van der Waals surface area contributed by atoms with Crippen LogP contribution in [0.3, 0.4) is 0 Å². The summed E-state index contributed by atoms with van der Waals surface area (Å²) in [4.78, 5) is 12.6. The van der Waals surface area contributed by atoms with Gasteiger partial charge in [0.05, 0.1) is 13.2 Å². The Labute approximate surface area is 63.9 Å². The minimum Gasteiger partial charge on any atom is -0.376 e. The van der Waals surface area contributed by atoms with E-state index in [0.29, 0.717) is 13.2 Å². The maximum Gasteiger partial charge on any atom is 0.250 e. The van der Waals surface area contributed by atoms with Crippen LogP contribution in [0.2, 0.25) is 0 Å². The number of rotatable bonds is 0. The Bertz CT molecular complexity index is 202. The molecule has 0 aliphatic carbocycles. The lowest BCUT2D eigenvalue weighted by Crippen LogP contribution is -2.62. The zero-order chi connectivity index (χ0) is 8.06. The molecule has 2 heterocycles. The van der Waals surface area contributed by atoms with Gasteiger partial charge in [0.15, 0.2) is 6.35 Å². The molecule has 2 fully saturated rings. The van der Waals surface area contributed by atoms with Crippen molar-refractivity contribution in [1.29, 1.82) is 0 Å². The molecule has 1 spiro atoms. The van der Waals surface area contributed by atoms with Crippen molar-refractivity contribution in [2.24, 2.45) is 0 Å². The second-order valence-electron chi connectivity index (χ2n) is 3.01. The van der Waals surface area contributed by atoms with Crippen LogP contribution in [0.5, 0.6) is 0 Å². The molecule has 0 aromatic rings. The van der Waals surface area contributed by atoms with Crippen LogP contribution < -0.4 is 5.32 Å². The molecule has 1 amide bonds. The first-order chi connectivity index (χ1) is 5.16. The topological polar surface area (TPSA) is 61.8 Å². The van der Waals surface area contributed by atoms with E-state index in [1.54, 1.807) is 7.05 Å². The second-order valence-corrected chi connectivity index (χ2v) is 3.01. The highest BCUT2D eigenvalue weighted by molar-refractivity contribution is 5.89. The molecule has 0 aromatic carbocycles. The number of carbonyl (C=O) groups is 1. The molecule has 0 aromatic heterocycles. The zero-order valence-electron chi connectivity index (χ0n) is 6.20. The molecular formula is C6H10N2O3. The minimum absolute atomic E-state index is 0.0868. The van der Waals surface area contributed by atoms with E-state index >= 15 is 0 Å². The summed E-state index contributed by atoms with van der Waals surface area (Å²) in [6, 6.07) is 0. The molecular weight excluding hydrogens is 148 g/mol. The van der Waals surface area contributed by atoms with E-state index < -0.39 is 11.9 Å². The summed E-state index contributed by atoms with van der Waals surface area (Å²) in [7, 11) is 1.56. The van der Waals surface area contributed by atoms with Crippen LogP contribution in [0.25, 0.3) is 0 Å². The second kappa shape index (κ2) is 1.94. The Morgan fingerprint density at radius 3 is 2.64 bits per heavy atom. The van der Waals surface area contributed by atoms with E-state index in [-0.39, 0.29) is 5.91 Å². The molecule has 5 nitrogen and oxygen atoms in total. The lowest BCUT2D eigenvalue weighted by Gasteiger charge is -2.35. The smallest absolute Gasteiger partial charge is 0.250 e. The molecule has 2 rings (SSSR count). The van der Waals surface area contributed by atoms with Gasteiger partial charge in [0.2, 0.25) is 0 Å². The number of amides is 1. The Balaban J connectivity index is 2.21. The van der Waals surface area contributed by atoms with Gasteiger partial charge in [-0.05, 0) is 0 Å². The van der Waals surface area contributed by atoms with Gasteiger partial charge in [-0.3, -0.25) is 10.1 Å². The van der Waals surface area contributed by atoms with Crippen molar-refractivity contribution >= 4 is 5.91 Å². The minimum atomic E-state index is -0.855. The van der Waals surface area contributed by atoms with Gasteiger partial charge in [-0.2, -0.15) is 0 Å². The molecule has 1 atom stereocenters. The van der Waals surface area contributed by atoms with Crippen LogP contribution in [0.1, 0.15) is 0 Å². The number of ether oxygens (including phenoxy) is 1. The van der Waals surface area contributed by atoms with Gasteiger partial charge in [-0.25, -0.2) is 0 Å². The number of nitrogens with zero attached hydrogens (tertiary/aromatic N) is 1. The van der Waals surface area contributed by atoms with E-state index in [2.05, 4.69) is 5.32 Å². The summed E-state index contributed by atoms with van der Waals surface area (Å²) in [5.74, 6) is -0.0868. The van der Waals surface area contributed by atoms with Crippen molar-refractivity contribution in [3.05, 3.63) is 0 Å². The van der Waals surface area contributed by atoms with Crippen LogP contribution in [-0.4, -0.2) is 48.1 Å². The maximum absolute atomic E-state index is 11.3. The van der Waals surface area contributed by atoms with Crippen LogP contribution >= 0.6 is 0 Å². The van der Waals surface area contributed by atoms with Gasteiger partial charge < -0.3 is 14.7 Å². The van der Waals surface area contributed by atoms with E-state index in [1.807, 2.05) is 0 Å². The quantitative estimate of drug-likeness (QED) is 0.432. The first-order valence-corrected chi connectivity index (χ1v) is 3.46. The number of hydrogen-bond donors (Lipinski definition) is 2. The van der Waals surface area contributed by atoms with E-state index in [1.165, 1.54) is 4.90 Å². The predicted octanol–water partition coefficient (Wildman–Crippen LogP) is -1.91. The third-order valence-corrected chi connectivity index (χ3v) is 2.20. The van der Waals surface area contributed by atoms with Crippen molar-refractivity contribution in [2.45, 2.75) is 11.9 Å². The normalized spacial score (nSPS) is 34.5. The molecule has 1 unspecified atom stereocenters. The molecule has 11 heavy (non-hydrogen) atoms. The summed E-state index contributed by atoms with van der Waals surface area (Å²) >= 11 is 0. The summed E-state index contributed by atoms with van der Waals surface area (Å²) in [5.41, 5.74) is -0.617. The monoisotopic (exact) mass is 158 g/mol. The number of aliphatic hydroxyl groups is 1. The number of likely N-dealkylation sites (N-methyl/N-ethyl adjacent to an activating group) is 1. The summed E-state index contributed by atoms with van der Waals surface area (Å²) < 4.78 is 4.91. The Kier molecular flexibility index (Phi) is 1.24. The third-order valence-electron chi connectivity index (χ3n) is 2.20. The highest BCUT2D eigenvalue weighted by Crippen LogP contribution is 2.25. The van der Waals surface area contributed by atoms with E-state index in [9.17, 15) is 9.90 Å². The Hall–Kier alpha value is -0.650. The molecule has 2 N–H and O–H groups in total. The fourth-order valence-corrected chi connectivity index (χ4v) is 1.37. The molecule has 5 heteroatoms. The highest BCUT2D eigenvalue weighted by Gasteiger charge is 2.54. The standard InChI is InChI=1S/C6H10N2O3/c1-8-4(9)6(2-11-3-6)7-5(8)10/h5,7,10H,2-3H2,1H3. The lowest BCUT2D eigenvalue weighted by atomic mass is 9.98. The van der Waals surface area contributed by atoms with Crippen molar-refractivity contribution in [1.82, 2.24) is 10.2 Å². The maximum atomic E-state index is 11.3. The van der Waals surface area contributed by atoms with Crippen molar-refractivity contribution < 1.29 is 14.6 Å². The molecule has 2 aliphatic rings. The van der Waals surface area contributed by atoms with Crippen molar-refractivity contribution in [3.63, 3.8) is 0 Å². The highest BCUT2D eigenvalue weighted by atomic mass is 16.5. The lowest BCUT2D eigenvalue weighted by molar-refractivity contribution is -0.147. The van der Waals surface area contributed by atoms with Gasteiger partial charge in [0.1, 0.15) is 5.54 Å². The predicted molar refractivity (Wildman–Crippen MR) is 35.5 cm³/mol. The van der Waals surface area contributed by atoms with Gasteiger partial charge in [-0.1, -0.05) is 0 Å². The fourth-order valence-electron chi connectivity index (χ4n) is 1.37. The molecule has 2 saturated heterocycles. The van der Waals surface area contributed by atoms with Crippen LogP contribution in [0, 0.1) is 0 Å². The van der Waals surface area contributed by atoms with Crippen LogP contribution in [-0.2, 0) is 9.53 Å². The molecule has 0 radical (unpaired) electrons. The molecule has 0 saturated carbocycles. The van der Waals surface area contributed by atoms with Gasteiger partial charge in [0, 0.05) is 7.05 Å². The van der Waals surface area contributed by atoms with E-state index in [4.69, 9.17) is 4.74 Å². The summed E-state index contributed by atoms with van der Waals surface area (Å²) in [6.07, 6.45) is -0.855. The average Bonchev–Trinajstić information content (AvgIpc) is 2.12. The van der Waals surface area contributed by atoms with Crippen molar-refractivity contribution in [3.8, 4) is 0 Å². The number of aliphatic hydroxyl groups excluding tert-OH is 1. The third kappa shape index (κ3) is 0.727. The Morgan fingerprint density at radius 1 is 1.82 bits per heavy atom. The number of hydrogen-bond acceptors (Lipinski definition) is 4. The average molecular weight is 158 g/mol. The number of nitrogens with one attached hydrogen (secondary N) is 1. The Morgan fingerprint density at radius 2 is 2.45 bits per heavy atom. The van der Waals surface area contributed by atoms with Crippen LogP contribution in [0.4, 0.5) is 0 Å². The summed E-state index contributed by atoms with van der Waals surface area (Å²) in [6.45, 7) is 0.737. The first kappa shape index (κ1) is 7.02. The molecule has 2 aliphatic heterocycles. The molecule has 62 valence electrons. The zero-order valence-corrected chi connectivity index (χ0v) is 6.20. The summed E-state index contributed by atoms with van der Waals surface area (Å²) in [5, 5.41) is 12.0. The van der Waals surface area contributed by atoms with Gasteiger partial charge in [-0.15, -0.1) is 0 Å². The van der Waals surface area contributed by atoms with Crippen molar-refractivity contribution in [2.75, 3.05) is 20.3 Å². The fraction of sp³-hybridized carbons (Fsp3) is 0.833. The number of carbonyl (C=O) groups excluding carboxylic acids is 1. The SMILES string of the molecule is CN1C(=O)C2(COC2)NC1O. The van der Waals surface area contributed by atoms with Gasteiger partial charge >= 0.3 is 0 Å². The van der Waals surface area contributed by atoms with Crippen LogP contribution in [0.15, 0.2) is 0 Å². The molecule has 0 bridgehead atoms. The largest absolute Gasteiger partial charge is 0.376 e.